The number of carboxylic acid groups (broad SMARTS) is 1. The first-order valence-corrected chi connectivity index (χ1v) is 12.0. The molecule has 2 amide bonds. The molecule has 1 heterocycles. The van der Waals surface area contributed by atoms with Crippen molar-refractivity contribution in [1.82, 2.24) is 4.90 Å². The summed E-state index contributed by atoms with van der Waals surface area (Å²) in [4.78, 5) is 52.0. The molecular weight excluding hydrogens is 456 g/mol. The van der Waals surface area contributed by atoms with Crippen molar-refractivity contribution in [2.75, 3.05) is 11.9 Å². The highest BCUT2D eigenvalue weighted by Gasteiger charge is 2.36. The monoisotopic (exact) mass is 484 g/mol. The van der Waals surface area contributed by atoms with Crippen molar-refractivity contribution in [3.8, 4) is 11.1 Å². The number of ketones is 1. The van der Waals surface area contributed by atoms with Crippen molar-refractivity contribution >= 4 is 29.3 Å². The zero-order valence-corrected chi connectivity index (χ0v) is 19.8. The first kappa shape index (κ1) is 24.9. The number of Topliss-reactive ketones (excluding diaryl/α,β-unsaturated/α-hetero) is 1. The summed E-state index contributed by atoms with van der Waals surface area (Å²) >= 11 is 0. The molecular formula is C29H28N2O5. The molecule has 184 valence electrons. The average molecular weight is 485 g/mol. The van der Waals surface area contributed by atoms with Gasteiger partial charge in [0.15, 0.2) is 5.78 Å². The summed E-state index contributed by atoms with van der Waals surface area (Å²) in [6.45, 7) is 0.382. The molecule has 7 heteroatoms. The number of para-hydroxylation sites is 1. The Kier molecular flexibility index (Phi) is 7.90. The molecule has 2 atom stereocenters. The molecule has 1 aliphatic rings. The van der Waals surface area contributed by atoms with E-state index in [4.69, 9.17) is 0 Å². The second kappa shape index (κ2) is 11.4. The zero-order chi connectivity index (χ0) is 25.5. The number of carbonyl (C=O) groups excluding carboxylic acids is 3. The Hall–Kier alpha value is -4.26. The van der Waals surface area contributed by atoms with E-state index in [2.05, 4.69) is 5.32 Å². The largest absolute Gasteiger partial charge is 0.481 e. The van der Waals surface area contributed by atoms with Crippen LogP contribution in [0.4, 0.5) is 5.69 Å². The van der Waals surface area contributed by atoms with Crippen molar-refractivity contribution in [2.24, 2.45) is 5.92 Å². The van der Waals surface area contributed by atoms with Crippen LogP contribution in [0.25, 0.3) is 11.1 Å². The topological polar surface area (TPSA) is 104 Å². The van der Waals surface area contributed by atoms with Crippen molar-refractivity contribution in [3.63, 3.8) is 0 Å². The normalized spacial score (nSPS) is 15.8. The van der Waals surface area contributed by atoms with Gasteiger partial charge in [0.2, 0.25) is 11.8 Å². The molecule has 0 radical (unpaired) electrons. The van der Waals surface area contributed by atoms with E-state index in [1.165, 1.54) is 4.90 Å². The van der Waals surface area contributed by atoms with E-state index in [9.17, 15) is 24.3 Å². The Morgan fingerprint density at radius 3 is 2.08 bits per heavy atom. The van der Waals surface area contributed by atoms with Crippen LogP contribution in [0.15, 0.2) is 84.9 Å². The molecule has 0 aliphatic carbocycles. The van der Waals surface area contributed by atoms with Gasteiger partial charge in [-0.25, -0.2) is 0 Å². The minimum absolute atomic E-state index is 0.291. The number of aliphatic carboxylic acids is 1. The van der Waals surface area contributed by atoms with Gasteiger partial charge in [-0.15, -0.1) is 0 Å². The standard InChI is InChI=1S/C29H28N2O5/c32-26(22-15-13-21(14-16-22)20-8-3-1-4-9-20)18-23(29(35)36)19-27(33)31-17-7-12-25(31)28(34)30-24-10-5-2-6-11-24/h1-6,8-11,13-16,23,25H,7,12,17-19H2,(H,30,34)(H,35,36). The molecule has 0 saturated carbocycles. The molecule has 0 bridgehead atoms. The number of nitrogens with one attached hydrogen (secondary N) is 1. The van der Waals surface area contributed by atoms with E-state index < -0.39 is 23.8 Å². The molecule has 0 aromatic heterocycles. The molecule has 3 aromatic rings. The van der Waals surface area contributed by atoms with E-state index >= 15 is 0 Å². The number of nitrogens with zero attached hydrogens (tertiary/aromatic N) is 1. The lowest BCUT2D eigenvalue weighted by Crippen LogP contribution is -2.44. The van der Waals surface area contributed by atoms with Crippen molar-refractivity contribution in [1.29, 1.82) is 0 Å². The van der Waals surface area contributed by atoms with E-state index in [0.29, 0.717) is 30.6 Å². The second-order valence-electron chi connectivity index (χ2n) is 8.91. The Bertz CT molecular complexity index is 1230. The Balaban J connectivity index is 1.38. The maximum Gasteiger partial charge on any atom is 0.307 e. The lowest BCUT2D eigenvalue weighted by molar-refractivity contribution is -0.146. The third-order valence-corrected chi connectivity index (χ3v) is 6.43. The van der Waals surface area contributed by atoms with Crippen LogP contribution in [-0.2, 0) is 14.4 Å². The summed E-state index contributed by atoms with van der Waals surface area (Å²) in [6.07, 6.45) is 0.538. The fourth-order valence-corrected chi connectivity index (χ4v) is 4.48. The highest BCUT2D eigenvalue weighted by atomic mass is 16.4. The number of hydrogen-bond acceptors (Lipinski definition) is 4. The molecule has 2 N–H and O–H groups in total. The number of likely N-dealkylation sites (tertiary alicyclic amines) is 1. The van der Waals surface area contributed by atoms with Crippen LogP contribution in [0.1, 0.15) is 36.0 Å². The first-order chi connectivity index (χ1) is 17.4. The summed E-state index contributed by atoms with van der Waals surface area (Å²) in [7, 11) is 0. The Labute approximate surface area is 209 Å². The average Bonchev–Trinajstić information content (AvgIpc) is 3.40. The fraction of sp³-hybridized carbons (Fsp3) is 0.241. The number of rotatable bonds is 9. The number of carbonyl (C=O) groups is 4. The second-order valence-corrected chi connectivity index (χ2v) is 8.91. The smallest absolute Gasteiger partial charge is 0.307 e. The van der Waals surface area contributed by atoms with Crippen molar-refractivity contribution < 1.29 is 24.3 Å². The van der Waals surface area contributed by atoms with Gasteiger partial charge in [-0.05, 0) is 36.1 Å². The van der Waals surface area contributed by atoms with E-state index in [1.807, 2.05) is 48.5 Å². The molecule has 1 fully saturated rings. The molecule has 0 spiro atoms. The number of benzene rings is 3. The predicted molar refractivity (Wildman–Crippen MR) is 136 cm³/mol. The minimum Gasteiger partial charge on any atom is -0.481 e. The third-order valence-electron chi connectivity index (χ3n) is 6.43. The molecule has 36 heavy (non-hydrogen) atoms. The third kappa shape index (κ3) is 6.05. The maximum absolute atomic E-state index is 13.0. The predicted octanol–water partition coefficient (Wildman–Crippen LogP) is 4.65. The number of amides is 2. The highest BCUT2D eigenvalue weighted by molar-refractivity contribution is 6.00. The van der Waals surface area contributed by atoms with Gasteiger partial charge >= 0.3 is 5.97 Å². The molecule has 1 saturated heterocycles. The molecule has 4 rings (SSSR count). The molecule has 7 nitrogen and oxygen atoms in total. The van der Waals surface area contributed by atoms with Crippen LogP contribution >= 0.6 is 0 Å². The quantitative estimate of drug-likeness (QED) is 0.431. The maximum atomic E-state index is 13.0. The zero-order valence-electron chi connectivity index (χ0n) is 19.8. The number of anilines is 1. The van der Waals surface area contributed by atoms with Gasteiger partial charge in [-0.1, -0.05) is 72.8 Å². The Morgan fingerprint density at radius 1 is 0.833 bits per heavy atom. The van der Waals surface area contributed by atoms with Crippen LogP contribution < -0.4 is 5.32 Å². The molecule has 2 unspecified atom stereocenters. The van der Waals surface area contributed by atoms with Gasteiger partial charge in [-0.2, -0.15) is 0 Å². The SMILES string of the molecule is O=C(CC(CC(=O)N1CCCC1C(=O)Nc1ccccc1)C(=O)O)c1ccc(-c2ccccc2)cc1. The molecule has 1 aliphatic heterocycles. The molecule has 3 aromatic carbocycles. The first-order valence-electron chi connectivity index (χ1n) is 12.0. The fourth-order valence-electron chi connectivity index (χ4n) is 4.48. The van der Waals surface area contributed by atoms with Crippen molar-refractivity contribution in [3.05, 3.63) is 90.5 Å². The lowest BCUT2D eigenvalue weighted by atomic mass is 9.94. The van der Waals surface area contributed by atoms with E-state index in [-0.39, 0.29) is 24.5 Å². The summed E-state index contributed by atoms with van der Waals surface area (Å²) < 4.78 is 0. The highest BCUT2D eigenvalue weighted by Crippen LogP contribution is 2.24. The Morgan fingerprint density at radius 2 is 1.44 bits per heavy atom. The van der Waals surface area contributed by atoms with Crippen LogP contribution in [-0.4, -0.2) is 46.2 Å². The van der Waals surface area contributed by atoms with E-state index in [1.54, 1.807) is 36.4 Å². The van der Waals surface area contributed by atoms with Crippen LogP contribution in [0, 0.1) is 5.92 Å². The van der Waals surface area contributed by atoms with Crippen LogP contribution in [0.3, 0.4) is 0 Å². The summed E-state index contributed by atoms with van der Waals surface area (Å²) in [5.74, 6) is -3.44. The lowest BCUT2D eigenvalue weighted by Gasteiger charge is -2.25. The van der Waals surface area contributed by atoms with Crippen molar-refractivity contribution in [2.45, 2.75) is 31.7 Å². The van der Waals surface area contributed by atoms with Gasteiger partial charge < -0.3 is 15.3 Å². The number of hydrogen-bond donors (Lipinski definition) is 2. The van der Waals surface area contributed by atoms with Gasteiger partial charge in [0.25, 0.3) is 0 Å². The van der Waals surface area contributed by atoms with Gasteiger partial charge in [0.1, 0.15) is 6.04 Å². The minimum atomic E-state index is -1.21. The van der Waals surface area contributed by atoms with Gasteiger partial charge in [0, 0.05) is 30.6 Å². The summed E-state index contributed by atoms with van der Waals surface area (Å²) in [5, 5.41) is 12.5. The number of carboxylic acids is 1. The van der Waals surface area contributed by atoms with Gasteiger partial charge in [-0.3, -0.25) is 19.2 Å². The van der Waals surface area contributed by atoms with E-state index in [0.717, 1.165) is 11.1 Å². The summed E-state index contributed by atoms with van der Waals surface area (Å²) in [6, 6.07) is 25.0. The van der Waals surface area contributed by atoms with Crippen LogP contribution in [0.2, 0.25) is 0 Å². The van der Waals surface area contributed by atoms with Gasteiger partial charge in [0.05, 0.1) is 5.92 Å². The van der Waals surface area contributed by atoms with Crippen LogP contribution in [0.5, 0.6) is 0 Å². The summed E-state index contributed by atoms with van der Waals surface area (Å²) in [5.41, 5.74) is 3.00.